The third kappa shape index (κ3) is 4.53. The van der Waals surface area contributed by atoms with Gasteiger partial charge in [-0.15, -0.1) is 0 Å². The van der Waals surface area contributed by atoms with Crippen molar-refractivity contribution in [1.29, 1.82) is 0 Å². The highest BCUT2D eigenvalue weighted by atomic mass is 35.5. The van der Waals surface area contributed by atoms with Crippen molar-refractivity contribution in [3.8, 4) is 16.9 Å². The molecule has 0 bridgehead atoms. The zero-order valence-electron chi connectivity index (χ0n) is 18.4. The molecule has 5 aromatic rings. The average molecular weight is 489 g/mol. The Balaban J connectivity index is 1.64. The first kappa shape index (κ1) is 22.4. The minimum Gasteiger partial charge on any atom is -0.462 e. The molecule has 0 unspecified atom stereocenters. The molecule has 0 aliphatic rings. The van der Waals surface area contributed by atoms with E-state index in [4.69, 9.17) is 21.3 Å². The molecule has 35 heavy (non-hydrogen) atoms. The molecule has 0 amide bonds. The number of halogens is 2. The molecule has 3 heterocycles. The molecule has 0 aliphatic heterocycles. The summed E-state index contributed by atoms with van der Waals surface area (Å²) in [4.78, 5) is 25.6. The van der Waals surface area contributed by atoms with E-state index in [1.807, 2.05) is 24.3 Å². The SMILES string of the molecule is CCOC(=O)c1cncc(-c2cnc(Nc3ccc(F)c(Cl)c3)nc2-n2ncc3ccccc32)c1. The van der Waals surface area contributed by atoms with Crippen molar-refractivity contribution in [2.24, 2.45) is 0 Å². The summed E-state index contributed by atoms with van der Waals surface area (Å²) in [7, 11) is 0. The summed E-state index contributed by atoms with van der Waals surface area (Å²) in [6.45, 7) is 1.99. The van der Waals surface area contributed by atoms with Gasteiger partial charge in [0.25, 0.3) is 0 Å². The Kier molecular flexibility index (Phi) is 6.07. The van der Waals surface area contributed by atoms with Crippen LogP contribution in [0.25, 0.3) is 27.8 Å². The molecule has 10 heteroatoms. The van der Waals surface area contributed by atoms with Gasteiger partial charge in [-0.1, -0.05) is 29.8 Å². The second-order valence-electron chi connectivity index (χ2n) is 7.48. The molecule has 2 aromatic carbocycles. The van der Waals surface area contributed by atoms with E-state index in [1.54, 1.807) is 36.3 Å². The van der Waals surface area contributed by atoms with Crippen LogP contribution in [0.1, 0.15) is 17.3 Å². The molecule has 0 spiro atoms. The van der Waals surface area contributed by atoms with E-state index in [2.05, 4.69) is 20.4 Å². The number of nitrogens with zero attached hydrogens (tertiary/aromatic N) is 5. The second-order valence-corrected chi connectivity index (χ2v) is 7.89. The van der Waals surface area contributed by atoms with Crippen molar-refractivity contribution in [3.05, 3.63) is 89.7 Å². The summed E-state index contributed by atoms with van der Waals surface area (Å²) in [6.07, 6.45) is 6.41. The Morgan fingerprint density at radius 3 is 2.80 bits per heavy atom. The number of pyridine rings is 1. The predicted molar refractivity (Wildman–Crippen MR) is 131 cm³/mol. The lowest BCUT2D eigenvalue weighted by atomic mass is 10.1. The number of fused-ring (bicyclic) bond motifs is 1. The Hall–Kier alpha value is -4.37. The van der Waals surface area contributed by atoms with Crippen molar-refractivity contribution < 1.29 is 13.9 Å². The lowest BCUT2D eigenvalue weighted by Crippen LogP contribution is -2.08. The van der Waals surface area contributed by atoms with E-state index < -0.39 is 11.8 Å². The number of hydrogen-bond donors (Lipinski definition) is 1. The van der Waals surface area contributed by atoms with Crippen molar-refractivity contribution in [2.75, 3.05) is 11.9 Å². The summed E-state index contributed by atoms with van der Waals surface area (Å²) < 4.78 is 20.4. The highest BCUT2D eigenvalue weighted by molar-refractivity contribution is 6.31. The number of benzene rings is 2. The van der Waals surface area contributed by atoms with Gasteiger partial charge in [0, 0.05) is 40.8 Å². The number of carbonyl (C=O) groups excluding carboxylic acids is 1. The number of esters is 1. The number of anilines is 2. The van der Waals surface area contributed by atoms with Gasteiger partial charge in [-0.2, -0.15) is 10.1 Å². The van der Waals surface area contributed by atoms with Gasteiger partial charge in [-0.3, -0.25) is 4.98 Å². The maximum absolute atomic E-state index is 13.6. The van der Waals surface area contributed by atoms with Gasteiger partial charge >= 0.3 is 5.97 Å². The van der Waals surface area contributed by atoms with Crippen molar-refractivity contribution in [1.82, 2.24) is 24.7 Å². The van der Waals surface area contributed by atoms with Crippen molar-refractivity contribution in [2.45, 2.75) is 6.92 Å². The quantitative estimate of drug-likeness (QED) is 0.311. The lowest BCUT2D eigenvalue weighted by molar-refractivity contribution is 0.0526. The first-order chi connectivity index (χ1) is 17.0. The van der Waals surface area contributed by atoms with Gasteiger partial charge in [0.05, 0.1) is 28.9 Å². The first-order valence-corrected chi connectivity index (χ1v) is 11.1. The largest absolute Gasteiger partial charge is 0.462 e. The molecule has 174 valence electrons. The van der Waals surface area contributed by atoms with E-state index >= 15 is 0 Å². The number of rotatable bonds is 6. The Bertz CT molecular complexity index is 1550. The number of aromatic nitrogens is 5. The molecular formula is C25H18ClFN6O2. The fourth-order valence-electron chi connectivity index (χ4n) is 3.55. The minimum atomic E-state index is -0.522. The van der Waals surface area contributed by atoms with Crippen LogP contribution in [-0.2, 0) is 4.74 Å². The second kappa shape index (κ2) is 9.47. The van der Waals surface area contributed by atoms with E-state index in [0.717, 1.165) is 10.9 Å². The summed E-state index contributed by atoms with van der Waals surface area (Å²) >= 11 is 5.91. The van der Waals surface area contributed by atoms with E-state index in [1.165, 1.54) is 24.4 Å². The topological polar surface area (TPSA) is 94.8 Å². The molecule has 0 aliphatic carbocycles. The molecule has 0 radical (unpaired) electrons. The van der Waals surface area contributed by atoms with Crippen LogP contribution in [-0.4, -0.2) is 37.3 Å². The average Bonchev–Trinajstić information content (AvgIpc) is 3.31. The van der Waals surface area contributed by atoms with E-state index in [-0.39, 0.29) is 17.6 Å². The third-order valence-corrected chi connectivity index (χ3v) is 5.47. The zero-order chi connectivity index (χ0) is 24.4. The monoisotopic (exact) mass is 488 g/mol. The number of para-hydroxylation sites is 1. The third-order valence-electron chi connectivity index (χ3n) is 5.18. The van der Waals surface area contributed by atoms with Gasteiger partial charge in [0.15, 0.2) is 5.82 Å². The zero-order valence-corrected chi connectivity index (χ0v) is 19.2. The number of nitrogens with one attached hydrogen (secondary N) is 1. The normalized spacial score (nSPS) is 10.9. The van der Waals surface area contributed by atoms with Crippen LogP contribution in [0.4, 0.5) is 16.0 Å². The molecule has 3 aromatic heterocycles. The number of ether oxygens (including phenoxy) is 1. The molecule has 0 saturated carbocycles. The molecule has 0 fully saturated rings. The van der Waals surface area contributed by atoms with Crippen molar-refractivity contribution in [3.63, 3.8) is 0 Å². The Morgan fingerprint density at radius 1 is 1.11 bits per heavy atom. The van der Waals surface area contributed by atoms with Gasteiger partial charge in [-0.25, -0.2) is 18.9 Å². The van der Waals surface area contributed by atoms with Crippen LogP contribution >= 0.6 is 11.6 Å². The smallest absolute Gasteiger partial charge is 0.339 e. The van der Waals surface area contributed by atoms with Crippen molar-refractivity contribution >= 4 is 40.1 Å². The lowest BCUT2D eigenvalue weighted by Gasteiger charge is -2.13. The Labute approximate surface area is 204 Å². The number of carbonyl (C=O) groups is 1. The highest BCUT2D eigenvalue weighted by Gasteiger charge is 2.17. The highest BCUT2D eigenvalue weighted by Crippen LogP contribution is 2.29. The van der Waals surface area contributed by atoms with Crippen LogP contribution in [0.3, 0.4) is 0 Å². The van der Waals surface area contributed by atoms with Gasteiger partial charge < -0.3 is 10.1 Å². The summed E-state index contributed by atoms with van der Waals surface area (Å²) in [5.74, 6) is -0.285. The predicted octanol–water partition coefficient (Wildman–Crippen LogP) is 5.59. The van der Waals surface area contributed by atoms with Crippen LogP contribution in [0.2, 0.25) is 5.02 Å². The van der Waals surface area contributed by atoms with Gasteiger partial charge in [-0.05, 0) is 37.3 Å². The molecule has 8 nitrogen and oxygen atoms in total. The molecule has 0 saturated heterocycles. The Morgan fingerprint density at radius 2 is 1.97 bits per heavy atom. The summed E-state index contributed by atoms with van der Waals surface area (Å²) in [5.41, 5.74) is 2.87. The first-order valence-electron chi connectivity index (χ1n) is 10.7. The fraction of sp³-hybridized carbons (Fsp3) is 0.0800. The van der Waals surface area contributed by atoms with Gasteiger partial charge in [0.1, 0.15) is 5.82 Å². The van der Waals surface area contributed by atoms with Crippen LogP contribution in [0, 0.1) is 5.82 Å². The van der Waals surface area contributed by atoms with E-state index in [0.29, 0.717) is 28.2 Å². The minimum absolute atomic E-state index is 0.0215. The van der Waals surface area contributed by atoms with E-state index in [9.17, 15) is 9.18 Å². The van der Waals surface area contributed by atoms with Crippen LogP contribution in [0.15, 0.2) is 73.3 Å². The maximum atomic E-state index is 13.6. The molecular weight excluding hydrogens is 471 g/mol. The van der Waals surface area contributed by atoms with Gasteiger partial charge in [0.2, 0.25) is 5.95 Å². The molecule has 5 rings (SSSR count). The standard InChI is InChI=1S/C25H18ClFN6O2/c1-2-35-24(34)17-9-16(11-28-12-17)19-14-29-25(31-18-7-8-21(27)20(26)10-18)32-23(19)33-22-6-4-3-5-15(22)13-30-33/h3-14H,2H2,1H3,(H,29,31,32). The number of hydrogen-bond acceptors (Lipinski definition) is 7. The summed E-state index contributed by atoms with van der Waals surface area (Å²) in [6, 6.07) is 13.6. The molecule has 1 N–H and O–H groups in total. The van der Waals surface area contributed by atoms with Crippen LogP contribution in [0.5, 0.6) is 0 Å². The van der Waals surface area contributed by atoms with Crippen LogP contribution < -0.4 is 5.32 Å². The maximum Gasteiger partial charge on any atom is 0.339 e. The molecule has 0 atom stereocenters. The fourth-order valence-corrected chi connectivity index (χ4v) is 3.74. The summed E-state index contributed by atoms with van der Waals surface area (Å²) in [5, 5.41) is 8.48.